The van der Waals surface area contributed by atoms with Crippen molar-refractivity contribution in [1.29, 1.82) is 0 Å². The fourth-order valence-electron chi connectivity index (χ4n) is 1.94. The van der Waals surface area contributed by atoms with Gasteiger partial charge in [0.2, 0.25) is 0 Å². The Morgan fingerprint density at radius 3 is 2.56 bits per heavy atom. The van der Waals surface area contributed by atoms with Crippen LogP contribution in [0.2, 0.25) is 0 Å². The van der Waals surface area contributed by atoms with Crippen LogP contribution in [0.3, 0.4) is 0 Å². The van der Waals surface area contributed by atoms with Gasteiger partial charge in [0, 0.05) is 6.07 Å². The van der Waals surface area contributed by atoms with Gasteiger partial charge in [0.05, 0.1) is 17.0 Å². The first-order valence-corrected chi connectivity index (χ1v) is 7.52. The standard InChI is InChI=1S/C15H15F3N4O5/c1-14(2,3)26-13(23)19-7-11-20-12(27-21-11)9-5-4-8(15(16,17)18)6-10(9)22(24)25/h4-6H,7H2,1-3H3,(H,19,23). The molecule has 0 aliphatic carbocycles. The van der Waals surface area contributed by atoms with Crippen LogP contribution in [0, 0.1) is 10.1 Å². The highest BCUT2D eigenvalue weighted by Crippen LogP contribution is 2.36. The largest absolute Gasteiger partial charge is 0.444 e. The summed E-state index contributed by atoms with van der Waals surface area (Å²) in [5.41, 5.74) is -3.00. The third kappa shape index (κ3) is 5.39. The Balaban J connectivity index is 2.20. The number of hydrogen-bond acceptors (Lipinski definition) is 7. The van der Waals surface area contributed by atoms with Crippen LogP contribution in [0.1, 0.15) is 32.2 Å². The second-order valence-electron chi connectivity index (χ2n) is 6.36. The minimum atomic E-state index is -4.74. The molecule has 146 valence electrons. The van der Waals surface area contributed by atoms with E-state index in [4.69, 9.17) is 9.26 Å². The Bertz CT molecular complexity index is 858. The molecular formula is C15H15F3N4O5. The molecule has 0 fully saturated rings. The fraction of sp³-hybridized carbons (Fsp3) is 0.400. The average Bonchev–Trinajstić information content (AvgIpc) is 2.98. The van der Waals surface area contributed by atoms with Gasteiger partial charge < -0.3 is 14.6 Å². The Hall–Kier alpha value is -3.18. The number of benzene rings is 1. The molecule has 1 N–H and O–H groups in total. The molecule has 1 amide bonds. The zero-order valence-electron chi connectivity index (χ0n) is 14.5. The Labute approximate surface area is 150 Å². The van der Waals surface area contributed by atoms with Crippen molar-refractivity contribution in [3.05, 3.63) is 39.7 Å². The lowest BCUT2D eigenvalue weighted by Crippen LogP contribution is -2.32. The van der Waals surface area contributed by atoms with E-state index in [2.05, 4.69) is 15.5 Å². The molecule has 0 atom stereocenters. The SMILES string of the molecule is CC(C)(C)OC(=O)NCc1noc(-c2ccc(C(F)(F)F)cc2[N+](=O)[O-])n1. The maximum absolute atomic E-state index is 12.7. The van der Waals surface area contributed by atoms with E-state index in [0.717, 1.165) is 6.07 Å². The highest BCUT2D eigenvalue weighted by molar-refractivity contribution is 5.68. The maximum atomic E-state index is 12.7. The molecule has 0 radical (unpaired) electrons. The molecule has 0 aliphatic rings. The highest BCUT2D eigenvalue weighted by atomic mass is 19.4. The highest BCUT2D eigenvalue weighted by Gasteiger charge is 2.34. The lowest BCUT2D eigenvalue weighted by Gasteiger charge is -2.19. The summed E-state index contributed by atoms with van der Waals surface area (Å²) < 4.78 is 48.1. The maximum Gasteiger partial charge on any atom is 0.416 e. The number of hydrogen-bond donors (Lipinski definition) is 1. The number of aromatic nitrogens is 2. The molecule has 9 nitrogen and oxygen atoms in total. The molecule has 1 aromatic carbocycles. The van der Waals surface area contributed by atoms with Crippen LogP contribution >= 0.6 is 0 Å². The second-order valence-corrected chi connectivity index (χ2v) is 6.36. The van der Waals surface area contributed by atoms with Crippen molar-refractivity contribution in [3.63, 3.8) is 0 Å². The van der Waals surface area contributed by atoms with Gasteiger partial charge in [-0.15, -0.1) is 0 Å². The number of rotatable bonds is 4. The van der Waals surface area contributed by atoms with E-state index in [0.29, 0.717) is 12.1 Å². The van der Waals surface area contributed by atoms with Gasteiger partial charge in [-0.25, -0.2) is 4.79 Å². The Morgan fingerprint density at radius 1 is 1.33 bits per heavy atom. The predicted molar refractivity (Wildman–Crippen MR) is 84.5 cm³/mol. The number of carbonyl (C=O) groups excluding carboxylic acids is 1. The third-order valence-corrected chi connectivity index (χ3v) is 3.01. The van der Waals surface area contributed by atoms with Crippen molar-refractivity contribution >= 4 is 11.8 Å². The number of nitrogens with one attached hydrogen (secondary N) is 1. The summed E-state index contributed by atoms with van der Waals surface area (Å²) in [4.78, 5) is 25.5. The second kappa shape index (κ2) is 7.21. The van der Waals surface area contributed by atoms with E-state index in [9.17, 15) is 28.1 Å². The number of alkyl halides is 3. The molecule has 2 aromatic rings. The number of amides is 1. The van der Waals surface area contributed by atoms with Crippen molar-refractivity contribution in [2.24, 2.45) is 0 Å². The normalized spacial score (nSPS) is 11.9. The molecule has 0 bridgehead atoms. The summed E-state index contributed by atoms with van der Waals surface area (Å²) in [5.74, 6) is -0.388. The smallest absolute Gasteiger partial charge is 0.416 e. The summed E-state index contributed by atoms with van der Waals surface area (Å²) in [5, 5.41) is 17.0. The van der Waals surface area contributed by atoms with Gasteiger partial charge in [0.15, 0.2) is 5.82 Å². The summed E-state index contributed by atoms with van der Waals surface area (Å²) in [6.07, 6.45) is -5.48. The summed E-state index contributed by atoms with van der Waals surface area (Å²) in [7, 11) is 0. The van der Waals surface area contributed by atoms with Crippen LogP contribution in [0.5, 0.6) is 0 Å². The van der Waals surface area contributed by atoms with Crippen LogP contribution in [0.4, 0.5) is 23.7 Å². The number of alkyl carbamates (subject to hydrolysis) is 1. The number of nitro groups is 1. The Morgan fingerprint density at radius 2 is 2.00 bits per heavy atom. The fourth-order valence-corrected chi connectivity index (χ4v) is 1.94. The van der Waals surface area contributed by atoms with Crippen LogP contribution < -0.4 is 5.32 Å². The van der Waals surface area contributed by atoms with Gasteiger partial charge in [0.25, 0.3) is 11.6 Å². The molecular weight excluding hydrogens is 373 g/mol. The van der Waals surface area contributed by atoms with E-state index < -0.39 is 34.0 Å². The molecule has 0 saturated heterocycles. The molecule has 27 heavy (non-hydrogen) atoms. The third-order valence-electron chi connectivity index (χ3n) is 3.01. The topological polar surface area (TPSA) is 120 Å². The van der Waals surface area contributed by atoms with Crippen molar-refractivity contribution in [1.82, 2.24) is 15.5 Å². The first-order valence-electron chi connectivity index (χ1n) is 7.52. The van der Waals surface area contributed by atoms with Crippen LogP contribution in [0.15, 0.2) is 22.7 Å². The summed E-state index contributed by atoms with van der Waals surface area (Å²) >= 11 is 0. The quantitative estimate of drug-likeness (QED) is 0.626. The first-order chi connectivity index (χ1) is 12.4. The summed E-state index contributed by atoms with van der Waals surface area (Å²) in [6.45, 7) is 4.81. The number of halogens is 3. The predicted octanol–water partition coefficient (Wildman–Crippen LogP) is 3.69. The number of ether oxygens (including phenoxy) is 1. The molecule has 0 saturated carbocycles. The van der Waals surface area contributed by atoms with Crippen molar-refractivity contribution < 1.29 is 32.1 Å². The summed E-state index contributed by atoms with van der Waals surface area (Å²) in [6, 6.07) is 1.93. The van der Waals surface area contributed by atoms with Crippen molar-refractivity contribution in [2.45, 2.75) is 39.1 Å². The van der Waals surface area contributed by atoms with Crippen molar-refractivity contribution in [3.8, 4) is 11.5 Å². The monoisotopic (exact) mass is 388 g/mol. The van der Waals surface area contributed by atoms with Gasteiger partial charge in [-0.1, -0.05) is 5.16 Å². The zero-order valence-corrected chi connectivity index (χ0v) is 14.5. The molecule has 0 aliphatic heterocycles. The number of nitrogens with zero attached hydrogens (tertiary/aromatic N) is 3. The first kappa shape index (κ1) is 20.1. The van der Waals surface area contributed by atoms with E-state index in [1.807, 2.05) is 0 Å². The van der Waals surface area contributed by atoms with Gasteiger partial charge in [-0.2, -0.15) is 18.2 Å². The lowest BCUT2D eigenvalue weighted by atomic mass is 10.1. The van der Waals surface area contributed by atoms with Crippen molar-refractivity contribution in [2.75, 3.05) is 0 Å². The molecule has 0 unspecified atom stereocenters. The van der Waals surface area contributed by atoms with E-state index in [-0.39, 0.29) is 23.8 Å². The molecule has 2 rings (SSSR count). The van der Waals surface area contributed by atoms with Gasteiger partial charge in [0.1, 0.15) is 11.2 Å². The van der Waals surface area contributed by atoms with E-state index in [1.54, 1.807) is 20.8 Å². The van der Waals surface area contributed by atoms with E-state index in [1.165, 1.54) is 0 Å². The van der Waals surface area contributed by atoms with Gasteiger partial charge in [-0.3, -0.25) is 10.1 Å². The van der Waals surface area contributed by atoms with Crippen LogP contribution in [0.25, 0.3) is 11.5 Å². The molecule has 0 spiro atoms. The van der Waals surface area contributed by atoms with Gasteiger partial charge in [-0.05, 0) is 32.9 Å². The average molecular weight is 388 g/mol. The molecule has 12 heteroatoms. The minimum Gasteiger partial charge on any atom is -0.444 e. The van der Waals surface area contributed by atoms with Crippen LogP contribution in [-0.4, -0.2) is 26.8 Å². The number of carbonyl (C=O) groups is 1. The lowest BCUT2D eigenvalue weighted by molar-refractivity contribution is -0.384. The zero-order chi connectivity index (χ0) is 20.4. The van der Waals surface area contributed by atoms with E-state index >= 15 is 0 Å². The molecule has 1 heterocycles. The molecule has 1 aromatic heterocycles. The van der Waals surface area contributed by atoms with Gasteiger partial charge >= 0.3 is 12.3 Å². The van der Waals surface area contributed by atoms with Crippen LogP contribution in [-0.2, 0) is 17.5 Å². The Kier molecular flexibility index (Phi) is 5.38. The number of nitro benzene ring substituents is 1. The minimum absolute atomic E-state index is 0.0370.